The van der Waals surface area contributed by atoms with Crippen LogP contribution in [0.5, 0.6) is 0 Å². The number of carbonyl (C=O) groups excluding carboxylic acids is 3. The van der Waals surface area contributed by atoms with Gasteiger partial charge in [0.2, 0.25) is 0 Å². The average molecular weight is 1150 g/mol. The van der Waals surface area contributed by atoms with Crippen molar-refractivity contribution >= 4 is 17.9 Å². The molecular weight excluding hydrogens is 1020 g/mol. The van der Waals surface area contributed by atoms with Gasteiger partial charge in [-0.05, 0) is 135 Å². The molecule has 0 rings (SSSR count). The molecule has 0 aromatic carbocycles. The lowest BCUT2D eigenvalue weighted by molar-refractivity contribution is -0.167. The van der Waals surface area contributed by atoms with Crippen LogP contribution in [0.1, 0.15) is 329 Å². The third kappa shape index (κ3) is 68.5. The van der Waals surface area contributed by atoms with Gasteiger partial charge in [-0.2, -0.15) is 0 Å². The van der Waals surface area contributed by atoms with Gasteiger partial charge in [0.25, 0.3) is 0 Å². The second-order valence-electron chi connectivity index (χ2n) is 23.1. The molecule has 0 heterocycles. The highest BCUT2D eigenvalue weighted by Crippen LogP contribution is 2.16. The molecule has 0 aliphatic rings. The van der Waals surface area contributed by atoms with E-state index in [0.29, 0.717) is 19.3 Å². The van der Waals surface area contributed by atoms with Gasteiger partial charge in [-0.15, -0.1) is 0 Å². The van der Waals surface area contributed by atoms with E-state index in [-0.39, 0.29) is 31.1 Å². The Kier molecular flexibility index (Phi) is 66.7. The van der Waals surface area contributed by atoms with Crippen molar-refractivity contribution in [3.63, 3.8) is 0 Å². The highest BCUT2D eigenvalue weighted by Gasteiger charge is 2.19. The SMILES string of the molecule is CC/C=C\C/C=C\C/C=C\C/C=C\C/C=C\C/C=C\C/C=C\CCCCCCCCCCCCCC(=O)OCC(COC(=O)CCCCCCC/C=C\C/C=C\CCCCC)OC(=O)CCCCCCCCC/C=C\CCCCCCCC. The van der Waals surface area contributed by atoms with Crippen molar-refractivity contribution in [2.75, 3.05) is 13.2 Å². The largest absolute Gasteiger partial charge is 0.462 e. The van der Waals surface area contributed by atoms with Crippen LogP contribution in [0.2, 0.25) is 0 Å². The molecule has 0 aromatic rings. The van der Waals surface area contributed by atoms with Crippen molar-refractivity contribution in [2.45, 2.75) is 335 Å². The first-order chi connectivity index (χ1) is 41.0. The van der Waals surface area contributed by atoms with E-state index in [9.17, 15) is 14.4 Å². The molecule has 0 amide bonds. The summed E-state index contributed by atoms with van der Waals surface area (Å²) in [6, 6.07) is 0. The van der Waals surface area contributed by atoms with Crippen molar-refractivity contribution in [3.05, 3.63) is 122 Å². The van der Waals surface area contributed by atoms with Gasteiger partial charge in [0.05, 0.1) is 0 Å². The summed E-state index contributed by atoms with van der Waals surface area (Å²) in [5.74, 6) is -0.897. The number of hydrogen-bond acceptors (Lipinski definition) is 6. The van der Waals surface area contributed by atoms with E-state index >= 15 is 0 Å². The van der Waals surface area contributed by atoms with Crippen molar-refractivity contribution < 1.29 is 28.6 Å². The molecule has 0 saturated heterocycles. The number of carbonyl (C=O) groups is 3. The number of hydrogen-bond donors (Lipinski definition) is 0. The minimum absolute atomic E-state index is 0.0858. The van der Waals surface area contributed by atoms with Gasteiger partial charge in [-0.1, -0.05) is 296 Å². The van der Waals surface area contributed by atoms with Crippen LogP contribution in [0.3, 0.4) is 0 Å². The standard InChI is InChI=1S/C77H130O6/c1-4-7-10-13-16-19-22-25-28-30-31-32-33-34-35-36-37-38-39-40-41-42-43-44-45-47-49-52-55-58-61-64-67-70-76(79)82-73-74(72-81-75(78)69-66-63-60-57-54-51-48-27-24-21-18-15-12-9-6-3)83-77(80)71-68-65-62-59-56-53-50-46-29-26-23-20-17-14-11-8-5-2/h7,10,16,18-19,21,25-29,31-32,34-35,37-38,40-41,48,74H,4-6,8-9,11-15,17,20,22-24,30,33,36,39,42-47,49-73H2,1-3H3/b10-7-,19-16-,21-18-,28-25-,29-26-,32-31-,35-34-,38-37-,41-40-,48-27-. The predicted octanol–water partition coefficient (Wildman–Crippen LogP) is 24.3. The molecule has 0 spiro atoms. The summed E-state index contributed by atoms with van der Waals surface area (Å²) in [7, 11) is 0. The maximum Gasteiger partial charge on any atom is 0.306 e. The number of rotatable bonds is 63. The second kappa shape index (κ2) is 70.3. The molecule has 0 radical (unpaired) electrons. The maximum atomic E-state index is 12.9. The number of esters is 3. The summed E-state index contributed by atoms with van der Waals surface area (Å²) in [5, 5.41) is 0. The molecule has 0 fully saturated rings. The minimum Gasteiger partial charge on any atom is -0.462 e. The topological polar surface area (TPSA) is 78.9 Å². The lowest BCUT2D eigenvalue weighted by Gasteiger charge is -2.18. The van der Waals surface area contributed by atoms with Crippen LogP contribution in [-0.4, -0.2) is 37.2 Å². The molecule has 0 aliphatic heterocycles. The van der Waals surface area contributed by atoms with E-state index in [4.69, 9.17) is 14.2 Å². The Bertz CT molecular complexity index is 1700. The molecule has 6 heteroatoms. The smallest absolute Gasteiger partial charge is 0.306 e. The second-order valence-corrected chi connectivity index (χ2v) is 23.1. The number of ether oxygens (including phenoxy) is 3. The Hall–Kier alpha value is -4.19. The van der Waals surface area contributed by atoms with Gasteiger partial charge in [-0.25, -0.2) is 0 Å². The highest BCUT2D eigenvalue weighted by molar-refractivity contribution is 5.71. The van der Waals surface area contributed by atoms with Crippen LogP contribution < -0.4 is 0 Å². The lowest BCUT2D eigenvalue weighted by Crippen LogP contribution is -2.30. The number of allylic oxidation sites excluding steroid dienone is 20. The van der Waals surface area contributed by atoms with Gasteiger partial charge < -0.3 is 14.2 Å². The Labute approximate surface area is 513 Å². The quantitative estimate of drug-likeness (QED) is 0.0261. The fourth-order valence-electron chi connectivity index (χ4n) is 9.68. The van der Waals surface area contributed by atoms with Crippen LogP contribution in [0.15, 0.2) is 122 Å². The zero-order valence-electron chi connectivity index (χ0n) is 54.4. The number of unbranched alkanes of at least 4 members (excludes halogenated alkanes) is 32. The van der Waals surface area contributed by atoms with Gasteiger partial charge in [0.15, 0.2) is 6.10 Å². The Morgan fingerprint density at radius 2 is 0.470 bits per heavy atom. The summed E-state index contributed by atoms with van der Waals surface area (Å²) in [4.78, 5) is 38.4. The Morgan fingerprint density at radius 1 is 0.253 bits per heavy atom. The summed E-state index contributed by atoms with van der Waals surface area (Å²) in [6.07, 6.45) is 97.9. The molecule has 0 saturated carbocycles. The first kappa shape index (κ1) is 78.8. The molecule has 1 unspecified atom stereocenters. The zero-order chi connectivity index (χ0) is 59.9. The maximum absolute atomic E-state index is 12.9. The summed E-state index contributed by atoms with van der Waals surface area (Å²) < 4.78 is 17.0. The van der Waals surface area contributed by atoms with Crippen molar-refractivity contribution in [3.8, 4) is 0 Å². The first-order valence-electron chi connectivity index (χ1n) is 35.0. The predicted molar refractivity (Wildman–Crippen MR) is 362 cm³/mol. The van der Waals surface area contributed by atoms with Gasteiger partial charge in [-0.3, -0.25) is 14.4 Å². The van der Waals surface area contributed by atoms with Crippen LogP contribution >= 0.6 is 0 Å². The molecule has 83 heavy (non-hydrogen) atoms. The van der Waals surface area contributed by atoms with Crippen molar-refractivity contribution in [1.82, 2.24) is 0 Å². The van der Waals surface area contributed by atoms with Crippen molar-refractivity contribution in [2.24, 2.45) is 0 Å². The normalized spacial score (nSPS) is 12.9. The third-order valence-corrected chi connectivity index (χ3v) is 14.9. The lowest BCUT2D eigenvalue weighted by atomic mass is 10.0. The van der Waals surface area contributed by atoms with Crippen LogP contribution in [-0.2, 0) is 28.6 Å². The molecule has 1 atom stereocenters. The summed E-state index contributed by atoms with van der Waals surface area (Å²) >= 11 is 0. The van der Waals surface area contributed by atoms with Crippen LogP contribution in [0.25, 0.3) is 0 Å². The van der Waals surface area contributed by atoms with E-state index in [2.05, 4.69) is 142 Å². The van der Waals surface area contributed by atoms with Gasteiger partial charge in [0.1, 0.15) is 13.2 Å². The van der Waals surface area contributed by atoms with E-state index in [1.54, 1.807) is 0 Å². The fraction of sp³-hybridized carbons (Fsp3) is 0.701. The minimum atomic E-state index is -0.790. The van der Waals surface area contributed by atoms with E-state index in [1.165, 1.54) is 167 Å². The van der Waals surface area contributed by atoms with Gasteiger partial charge >= 0.3 is 17.9 Å². The Balaban J connectivity index is 4.28. The average Bonchev–Trinajstić information content (AvgIpc) is 3.49. The zero-order valence-corrected chi connectivity index (χ0v) is 54.4. The molecule has 474 valence electrons. The first-order valence-corrected chi connectivity index (χ1v) is 35.0. The Morgan fingerprint density at radius 3 is 0.771 bits per heavy atom. The van der Waals surface area contributed by atoms with E-state index < -0.39 is 6.10 Å². The van der Waals surface area contributed by atoms with Crippen molar-refractivity contribution in [1.29, 1.82) is 0 Å². The molecule has 6 nitrogen and oxygen atoms in total. The molecule has 0 N–H and O–H groups in total. The summed E-state index contributed by atoms with van der Waals surface area (Å²) in [6.45, 7) is 6.50. The van der Waals surface area contributed by atoms with E-state index in [0.717, 1.165) is 122 Å². The molecule has 0 aromatic heterocycles. The van der Waals surface area contributed by atoms with Crippen LogP contribution in [0, 0.1) is 0 Å². The molecule has 0 bridgehead atoms. The molecule has 0 aliphatic carbocycles. The molecular formula is C77H130O6. The van der Waals surface area contributed by atoms with Crippen LogP contribution in [0.4, 0.5) is 0 Å². The monoisotopic (exact) mass is 1150 g/mol. The van der Waals surface area contributed by atoms with Gasteiger partial charge in [0, 0.05) is 19.3 Å². The highest BCUT2D eigenvalue weighted by atomic mass is 16.6. The fourth-order valence-corrected chi connectivity index (χ4v) is 9.68. The van der Waals surface area contributed by atoms with E-state index in [1.807, 2.05) is 0 Å². The summed E-state index contributed by atoms with van der Waals surface area (Å²) in [5.41, 5.74) is 0. The third-order valence-electron chi connectivity index (χ3n) is 14.9.